The number of carbonyl (C=O) groups is 2. The Bertz CT molecular complexity index is 278. The van der Waals surface area contributed by atoms with Gasteiger partial charge in [0, 0.05) is 32.7 Å². The van der Waals surface area contributed by atoms with Gasteiger partial charge in [0.05, 0.1) is 4.83 Å². The van der Waals surface area contributed by atoms with Gasteiger partial charge in [-0.1, -0.05) is 22.9 Å². The van der Waals surface area contributed by atoms with Gasteiger partial charge in [0.25, 0.3) is 0 Å². The Morgan fingerprint density at radius 3 is 2.18 bits per heavy atom. The van der Waals surface area contributed by atoms with Crippen molar-refractivity contribution in [3.63, 3.8) is 0 Å². The minimum Gasteiger partial charge on any atom is -0.338 e. The van der Waals surface area contributed by atoms with Crippen LogP contribution in [0.3, 0.4) is 0 Å². The summed E-state index contributed by atoms with van der Waals surface area (Å²) < 4.78 is 0. The lowest BCUT2D eigenvalue weighted by Gasteiger charge is -2.35. The van der Waals surface area contributed by atoms with Gasteiger partial charge in [-0.3, -0.25) is 4.79 Å². The van der Waals surface area contributed by atoms with E-state index in [1.807, 2.05) is 18.7 Å². The molecule has 5 nitrogen and oxygen atoms in total. The van der Waals surface area contributed by atoms with Gasteiger partial charge in [-0.05, 0) is 13.3 Å². The van der Waals surface area contributed by atoms with Crippen molar-refractivity contribution in [1.82, 2.24) is 15.1 Å². The topological polar surface area (TPSA) is 52.7 Å². The van der Waals surface area contributed by atoms with Crippen molar-refractivity contribution in [1.29, 1.82) is 0 Å². The van der Waals surface area contributed by atoms with Gasteiger partial charge in [0.1, 0.15) is 0 Å². The second-order valence-corrected chi connectivity index (χ2v) is 5.13. The molecule has 0 aromatic carbocycles. The van der Waals surface area contributed by atoms with Gasteiger partial charge >= 0.3 is 6.03 Å². The van der Waals surface area contributed by atoms with Gasteiger partial charge in [-0.25, -0.2) is 4.79 Å². The van der Waals surface area contributed by atoms with E-state index < -0.39 is 0 Å². The number of rotatable bonds is 3. The molecule has 0 bridgehead atoms. The van der Waals surface area contributed by atoms with Crippen LogP contribution in [-0.4, -0.2) is 59.3 Å². The third-order valence-electron chi connectivity index (χ3n) is 2.83. The molecule has 1 heterocycles. The van der Waals surface area contributed by atoms with Crippen LogP contribution in [0.4, 0.5) is 4.79 Å². The van der Waals surface area contributed by atoms with Gasteiger partial charge in [-0.2, -0.15) is 0 Å². The van der Waals surface area contributed by atoms with Crippen molar-refractivity contribution in [2.75, 3.05) is 32.7 Å². The van der Waals surface area contributed by atoms with Gasteiger partial charge in [0.15, 0.2) is 0 Å². The Kier molecular flexibility index (Phi) is 5.74. The molecule has 1 aliphatic rings. The van der Waals surface area contributed by atoms with Crippen LogP contribution in [0.5, 0.6) is 0 Å². The van der Waals surface area contributed by atoms with E-state index >= 15 is 0 Å². The maximum absolute atomic E-state index is 11.9. The first kappa shape index (κ1) is 14.3. The zero-order valence-electron chi connectivity index (χ0n) is 10.4. The summed E-state index contributed by atoms with van der Waals surface area (Å²) in [7, 11) is 0. The number of carbonyl (C=O) groups excluding carboxylic acids is 2. The molecule has 3 amide bonds. The lowest BCUT2D eigenvalue weighted by atomic mass is 10.2. The van der Waals surface area contributed by atoms with E-state index in [0.717, 1.165) is 6.42 Å². The van der Waals surface area contributed by atoms with Crippen LogP contribution in [0.15, 0.2) is 0 Å². The smallest absolute Gasteiger partial charge is 0.317 e. The predicted octanol–water partition coefficient (Wildman–Crippen LogP) is 1.03. The van der Waals surface area contributed by atoms with Crippen LogP contribution in [0.25, 0.3) is 0 Å². The van der Waals surface area contributed by atoms with Crippen LogP contribution >= 0.6 is 15.9 Å². The van der Waals surface area contributed by atoms with Gasteiger partial charge in [0.2, 0.25) is 5.91 Å². The molecule has 1 aliphatic heterocycles. The van der Waals surface area contributed by atoms with Gasteiger partial charge < -0.3 is 15.1 Å². The fraction of sp³-hybridized carbons (Fsp3) is 0.818. The molecular weight excluding hydrogens is 286 g/mol. The maximum Gasteiger partial charge on any atom is 0.317 e. The number of hydrogen-bond donors (Lipinski definition) is 1. The van der Waals surface area contributed by atoms with Crippen LogP contribution in [-0.2, 0) is 4.79 Å². The average Bonchev–Trinajstić information content (AvgIpc) is 2.37. The molecule has 0 aromatic heterocycles. The van der Waals surface area contributed by atoms with Crippen LogP contribution in [0, 0.1) is 0 Å². The normalized spacial score (nSPS) is 17.8. The molecule has 0 radical (unpaired) electrons. The largest absolute Gasteiger partial charge is 0.338 e. The highest BCUT2D eigenvalue weighted by molar-refractivity contribution is 9.10. The molecule has 17 heavy (non-hydrogen) atoms. The summed E-state index contributed by atoms with van der Waals surface area (Å²) in [5.41, 5.74) is 0. The minimum atomic E-state index is -0.0986. The third kappa shape index (κ3) is 3.87. The molecule has 6 heteroatoms. The lowest BCUT2D eigenvalue weighted by molar-refractivity contribution is -0.131. The second-order valence-electron chi connectivity index (χ2n) is 4.02. The number of halogens is 1. The van der Waals surface area contributed by atoms with Crippen LogP contribution < -0.4 is 5.32 Å². The van der Waals surface area contributed by atoms with E-state index in [2.05, 4.69) is 21.2 Å². The third-order valence-corrected chi connectivity index (χ3v) is 3.87. The second kappa shape index (κ2) is 6.83. The average molecular weight is 306 g/mol. The number of alkyl halides is 1. The van der Waals surface area contributed by atoms with Crippen LogP contribution in [0.1, 0.15) is 20.3 Å². The molecule has 98 valence electrons. The fourth-order valence-corrected chi connectivity index (χ4v) is 2.06. The lowest BCUT2D eigenvalue weighted by Crippen LogP contribution is -2.54. The van der Waals surface area contributed by atoms with Gasteiger partial charge in [-0.15, -0.1) is 0 Å². The van der Waals surface area contributed by atoms with E-state index in [1.165, 1.54) is 0 Å². The van der Waals surface area contributed by atoms with E-state index in [1.54, 1.807) is 4.90 Å². The maximum atomic E-state index is 11.9. The SMILES string of the molecule is CCNC(=O)N1CCN(C(=O)C(Br)CC)CC1. The number of hydrogen-bond acceptors (Lipinski definition) is 2. The van der Waals surface area contributed by atoms with Crippen molar-refractivity contribution in [3.8, 4) is 0 Å². The van der Waals surface area contributed by atoms with Crippen molar-refractivity contribution < 1.29 is 9.59 Å². The number of urea groups is 1. The highest BCUT2D eigenvalue weighted by Gasteiger charge is 2.26. The highest BCUT2D eigenvalue weighted by Crippen LogP contribution is 2.11. The summed E-state index contributed by atoms with van der Waals surface area (Å²) in [5, 5.41) is 2.77. The van der Waals surface area contributed by atoms with E-state index in [9.17, 15) is 9.59 Å². The molecule has 1 fully saturated rings. The Labute approximate surface area is 111 Å². The summed E-state index contributed by atoms with van der Waals surface area (Å²) in [6, 6.07) is -0.0366. The zero-order valence-corrected chi connectivity index (χ0v) is 12.0. The molecule has 1 rings (SSSR count). The number of nitrogens with one attached hydrogen (secondary N) is 1. The van der Waals surface area contributed by atoms with E-state index in [-0.39, 0.29) is 16.8 Å². The fourth-order valence-electron chi connectivity index (χ4n) is 1.77. The first-order chi connectivity index (χ1) is 8.10. The van der Waals surface area contributed by atoms with Crippen molar-refractivity contribution in [3.05, 3.63) is 0 Å². The predicted molar refractivity (Wildman–Crippen MR) is 70.2 cm³/mol. The van der Waals surface area contributed by atoms with E-state index in [0.29, 0.717) is 32.7 Å². The monoisotopic (exact) mass is 305 g/mol. The van der Waals surface area contributed by atoms with Crippen molar-refractivity contribution in [2.45, 2.75) is 25.1 Å². The molecule has 0 saturated carbocycles. The number of amides is 3. The summed E-state index contributed by atoms with van der Waals surface area (Å²) >= 11 is 3.36. The van der Waals surface area contributed by atoms with Crippen LogP contribution in [0.2, 0.25) is 0 Å². The molecule has 0 spiro atoms. The van der Waals surface area contributed by atoms with Crippen molar-refractivity contribution >= 4 is 27.9 Å². The number of nitrogens with zero attached hydrogens (tertiary/aromatic N) is 2. The first-order valence-corrected chi connectivity index (χ1v) is 6.97. The Morgan fingerprint density at radius 1 is 1.18 bits per heavy atom. The Balaban J connectivity index is 2.40. The zero-order chi connectivity index (χ0) is 12.8. The number of piperazine rings is 1. The van der Waals surface area contributed by atoms with E-state index in [4.69, 9.17) is 0 Å². The minimum absolute atomic E-state index is 0.0366. The summed E-state index contributed by atoms with van der Waals surface area (Å²) in [6.45, 7) is 6.98. The molecular formula is C11H20BrN3O2. The first-order valence-electron chi connectivity index (χ1n) is 6.05. The molecule has 1 unspecified atom stereocenters. The molecule has 0 aliphatic carbocycles. The molecule has 1 saturated heterocycles. The van der Waals surface area contributed by atoms with Crippen molar-refractivity contribution in [2.24, 2.45) is 0 Å². The molecule has 0 aromatic rings. The molecule has 1 N–H and O–H groups in total. The summed E-state index contributed by atoms with van der Waals surface area (Å²) in [5.74, 6) is 0.128. The molecule has 1 atom stereocenters. The Morgan fingerprint density at radius 2 is 1.71 bits per heavy atom. The Hall–Kier alpha value is -0.780. The summed E-state index contributed by atoms with van der Waals surface area (Å²) in [6.07, 6.45) is 0.787. The standard InChI is InChI=1S/C11H20BrN3O2/c1-3-9(12)10(16)14-5-7-15(8-6-14)11(17)13-4-2/h9H,3-8H2,1-2H3,(H,13,17). The summed E-state index contributed by atoms with van der Waals surface area (Å²) in [4.78, 5) is 26.9. The highest BCUT2D eigenvalue weighted by atomic mass is 79.9. The quantitative estimate of drug-likeness (QED) is 0.792.